The number of carbonyl (C=O) groups excluding carboxylic acids is 1. The zero-order chi connectivity index (χ0) is 22.0. The third kappa shape index (κ3) is 5.29. The number of amides is 2. The Morgan fingerprint density at radius 1 is 1.10 bits per heavy atom. The Hall–Kier alpha value is -2.55. The number of anilines is 1. The van der Waals surface area contributed by atoms with Crippen molar-refractivity contribution in [1.82, 2.24) is 24.0 Å². The zero-order valence-corrected chi connectivity index (χ0v) is 18.1. The molecule has 1 aromatic heterocycles. The molecule has 2 aromatic rings. The first-order chi connectivity index (χ1) is 13.4. The Bertz CT molecular complexity index is 1150. The number of nitrogens with zero attached hydrogens (tertiary/aromatic N) is 4. The van der Waals surface area contributed by atoms with Crippen LogP contribution in [-0.4, -0.2) is 63.3 Å². The summed E-state index contributed by atoms with van der Waals surface area (Å²) in [5.74, 6) is -0.0570. The lowest BCUT2D eigenvalue weighted by Gasteiger charge is -2.16. The van der Waals surface area contributed by atoms with Crippen molar-refractivity contribution in [1.29, 1.82) is 0 Å². The smallest absolute Gasteiger partial charge is 0.335 e. The van der Waals surface area contributed by atoms with Crippen molar-refractivity contribution < 1.29 is 26.4 Å². The van der Waals surface area contributed by atoms with Crippen LogP contribution in [0.25, 0.3) is 0 Å². The van der Waals surface area contributed by atoms with E-state index in [1.54, 1.807) is 4.72 Å². The van der Waals surface area contributed by atoms with Gasteiger partial charge in [-0.1, -0.05) is 11.6 Å². The summed E-state index contributed by atoms with van der Waals surface area (Å²) >= 11 is 5.83. The summed E-state index contributed by atoms with van der Waals surface area (Å²) in [6.45, 7) is 1.51. The summed E-state index contributed by atoms with van der Waals surface area (Å²) in [5.41, 5.74) is 0. The highest BCUT2D eigenvalue weighted by Gasteiger charge is 2.30. The Balaban J connectivity index is 2.38. The maximum absolute atomic E-state index is 12.7. The average Bonchev–Trinajstić information content (AvgIpc) is 2.60. The van der Waals surface area contributed by atoms with Crippen LogP contribution in [0.4, 0.5) is 10.7 Å². The number of rotatable bonds is 6. The molecule has 15 heteroatoms. The topological polar surface area (TPSA) is 161 Å². The molecule has 0 radical (unpaired) electrons. The Labute approximate surface area is 172 Å². The highest BCUT2D eigenvalue weighted by Crippen LogP contribution is 2.26. The second-order valence-corrected chi connectivity index (χ2v) is 9.84. The fourth-order valence-electron chi connectivity index (χ4n) is 2.01. The molecule has 0 saturated heterocycles. The predicted molar refractivity (Wildman–Crippen MR) is 103 cm³/mol. The first kappa shape index (κ1) is 22.7. The minimum atomic E-state index is -4.63. The van der Waals surface area contributed by atoms with Crippen LogP contribution in [0.2, 0.25) is 5.02 Å². The summed E-state index contributed by atoms with van der Waals surface area (Å²) in [6.07, 6.45) is 0. The number of hydrogen-bond donors (Lipinski definition) is 2. The SMILES string of the molecule is COc1nc(C)nc(NC(=O)NS(=O)(=O)c2cc(Cl)ccc2S(=O)(=O)N(C)C)n1. The molecular formula is C14H17ClN6O6S2. The molecule has 0 fully saturated rings. The van der Waals surface area contributed by atoms with E-state index in [0.29, 0.717) is 0 Å². The molecule has 0 unspecified atom stereocenters. The van der Waals surface area contributed by atoms with Gasteiger partial charge in [0.25, 0.3) is 10.0 Å². The molecule has 0 aliphatic rings. The lowest BCUT2D eigenvalue weighted by molar-refractivity contribution is 0.256. The molecule has 0 aliphatic heterocycles. The van der Waals surface area contributed by atoms with E-state index in [0.717, 1.165) is 16.4 Å². The van der Waals surface area contributed by atoms with Gasteiger partial charge in [0, 0.05) is 19.1 Å². The molecule has 0 atom stereocenters. The second-order valence-electron chi connectivity index (χ2n) is 5.63. The van der Waals surface area contributed by atoms with E-state index in [1.807, 2.05) is 0 Å². The number of nitrogens with one attached hydrogen (secondary N) is 2. The minimum Gasteiger partial charge on any atom is -0.467 e. The van der Waals surface area contributed by atoms with E-state index in [1.165, 1.54) is 34.2 Å². The average molecular weight is 465 g/mol. The second kappa shape index (κ2) is 8.44. The van der Waals surface area contributed by atoms with E-state index in [4.69, 9.17) is 16.3 Å². The molecule has 1 aromatic carbocycles. The van der Waals surface area contributed by atoms with Gasteiger partial charge in [-0.05, 0) is 25.1 Å². The lowest BCUT2D eigenvalue weighted by atomic mass is 10.4. The standard InChI is InChI=1S/C14H17ClN6O6S2/c1-8-16-12(19-14(17-8)27-4)18-13(22)20-28(23,24)11-7-9(15)5-6-10(11)29(25,26)21(2)3/h5-7H,1-4H3,(H2,16,17,18,19,20,22). The molecule has 29 heavy (non-hydrogen) atoms. The largest absolute Gasteiger partial charge is 0.467 e. The van der Waals surface area contributed by atoms with Crippen LogP contribution < -0.4 is 14.8 Å². The molecule has 12 nitrogen and oxygen atoms in total. The number of methoxy groups -OCH3 is 1. The Morgan fingerprint density at radius 3 is 2.34 bits per heavy atom. The molecule has 0 spiro atoms. The van der Waals surface area contributed by atoms with Gasteiger partial charge in [0.2, 0.25) is 16.0 Å². The third-order valence-corrected chi connectivity index (χ3v) is 6.92. The van der Waals surface area contributed by atoms with Crippen molar-refractivity contribution in [3.8, 4) is 6.01 Å². The highest BCUT2D eigenvalue weighted by molar-refractivity contribution is 7.92. The van der Waals surface area contributed by atoms with Gasteiger partial charge >= 0.3 is 12.0 Å². The van der Waals surface area contributed by atoms with Crippen molar-refractivity contribution in [3.05, 3.63) is 29.0 Å². The van der Waals surface area contributed by atoms with Gasteiger partial charge in [-0.25, -0.2) is 30.7 Å². The van der Waals surface area contributed by atoms with Gasteiger partial charge in [-0.15, -0.1) is 0 Å². The number of hydrogen-bond acceptors (Lipinski definition) is 9. The van der Waals surface area contributed by atoms with Gasteiger partial charge in [0.1, 0.15) is 15.6 Å². The molecule has 2 N–H and O–H groups in total. The number of sulfonamides is 2. The maximum atomic E-state index is 12.7. The number of ether oxygens (including phenoxy) is 1. The number of benzene rings is 1. The first-order valence-electron chi connectivity index (χ1n) is 7.69. The van der Waals surface area contributed by atoms with Gasteiger partial charge in [0.05, 0.1) is 7.11 Å². The summed E-state index contributed by atoms with van der Waals surface area (Å²) in [7, 11) is -5.01. The van der Waals surface area contributed by atoms with Crippen LogP contribution in [0.1, 0.15) is 5.82 Å². The van der Waals surface area contributed by atoms with Crippen LogP contribution in [0.5, 0.6) is 6.01 Å². The monoisotopic (exact) mass is 464 g/mol. The van der Waals surface area contributed by atoms with E-state index in [-0.39, 0.29) is 22.8 Å². The predicted octanol–water partition coefficient (Wildman–Crippen LogP) is 0.603. The summed E-state index contributed by atoms with van der Waals surface area (Å²) < 4.78 is 57.6. The first-order valence-corrected chi connectivity index (χ1v) is 11.0. The van der Waals surface area contributed by atoms with Crippen LogP contribution >= 0.6 is 11.6 Å². The molecule has 0 saturated carbocycles. The number of halogens is 1. The lowest BCUT2D eigenvalue weighted by Crippen LogP contribution is -2.36. The van der Waals surface area contributed by atoms with Crippen LogP contribution in [0, 0.1) is 6.92 Å². The number of urea groups is 1. The van der Waals surface area contributed by atoms with Gasteiger partial charge in [-0.2, -0.15) is 15.0 Å². The Morgan fingerprint density at radius 2 is 1.76 bits per heavy atom. The fraction of sp³-hybridized carbons (Fsp3) is 0.286. The van der Waals surface area contributed by atoms with Crippen molar-refractivity contribution in [3.63, 3.8) is 0 Å². The molecule has 2 amide bonds. The maximum Gasteiger partial charge on any atom is 0.335 e. The van der Waals surface area contributed by atoms with E-state index in [2.05, 4.69) is 20.3 Å². The van der Waals surface area contributed by atoms with Crippen LogP contribution in [-0.2, 0) is 20.0 Å². The summed E-state index contributed by atoms with van der Waals surface area (Å²) in [5, 5.41) is 2.07. The summed E-state index contributed by atoms with van der Waals surface area (Å²) in [6, 6.07) is 1.85. The van der Waals surface area contributed by atoms with Gasteiger partial charge in [0.15, 0.2) is 0 Å². The van der Waals surface area contributed by atoms with Crippen LogP contribution in [0.15, 0.2) is 28.0 Å². The van der Waals surface area contributed by atoms with E-state index in [9.17, 15) is 21.6 Å². The molecular weight excluding hydrogens is 448 g/mol. The molecule has 1 heterocycles. The summed E-state index contributed by atoms with van der Waals surface area (Å²) in [4.78, 5) is 22.3. The van der Waals surface area contributed by atoms with E-state index >= 15 is 0 Å². The minimum absolute atomic E-state index is 0.0404. The zero-order valence-electron chi connectivity index (χ0n) is 15.7. The fourth-order valence-corrected chi connectivity index (χ4v) is 4.86. The van der Waals surface area contributed by atoms with Crippen molar-refractivity contribution in [2.75, 3.05) is 26.5 Å². The van der Waals surface area contributed by atoms with Crippen LogP contribution in [0.3, 0.4) is 0 Å². The molecule has 158 valence electrons. The van der Waals surface area contributed by atoms with E-state index < -0.39 is 35.9 Å². The molecule has 0 bridgehead atoms. The van der Waals surface area contributed by atoms with Crippen molar-refractivity contribution >= 4 is 43.6 Å². The number of aryl methyl sites for hydroxylation is 1. The van der Waals surface area contributed by atoms with Gasteiger partial charge in [-0.3, -0.25) is 5.32 Å². The highest BCUT2D eigenvalue weighted by atomic mass is 35.5. The number of carbonyl (C=O) groups is 1. The van der Waals surface area contributed by atoms with Gasteiger partial charge < -0.3 is 4.74 Å². The Kier molecular flexibility index (Phi) is 6.62. The quantitative estimate of drug-likeness (QED) is 0.623. The third-order valence-electron chi connectivity index (χ3n) is 3.32. The van der Waals surface area contributed by atoms with Crippen molar-refractivity contribution in [2.45, 2.75) is 16.7 Å². The number of aromatic nitrogens is 3. The molecule has 0 aliphatic carbocycles. The molecule has 2 rings (SSSR count). The van der Waals surface area contributed by atoms with Crippen molar-refractivity contribution in [2.24, 2.45) is 0 Å². The normalized spacial score (nSPS) is 11.9.